The Morgan fingerprint density at radius 1 is 1.23 bits per heavy atom. The second-order valence-corrected chi connectivity index (χ2v) is 7.08. The van der Waals surface area contributed by atoms with E-state index in [0.29, 0.717) is 5.11 Å². The fourth-order valence-corrected chi connectivity index (χ4v) is 3.41. The van der Waals surface area contributed by atoms with Crippen molar-refractivity contribution in [2.24, 2.45) is 5.10 Å². The highest BCUT2D eigenvalue weighted by molar-refractivity contribution is 7.80. The molecule has 1 aliphatic heterocycles. The van der Waals surface area contributed by atoms with Gasteiger partial charge in [0, 0.05) is 24.5 Å². The van der Waals surface area contributed by atoms with Crippen LogP contribution in [0.25, 0.3) is 0 Å². The Balaban J connectivity index is 1.58. The molecular formula is C21H26N4S. The summed E-state index contributed by atoms with van der Waals surface area (Å²) in [6, 6.07) is 14.7. The summed E-state index contributed by atoms with van der Waals surface area (Å²) in [5.74, 6) is 0. The van der Waals surface area contributed by atoms with Crippen LogP contribution in [-0.2, 0) is 6.42 Å². The number of thiocarbonyl (C=S) groups is 1. The molecule has 0 unspecified atom stereocenters. The van der Waals surface area contributed by atoms with Crippen LogP contribution in [-0.4, -0.2) is 24.4 Å². The number of aryl methyl sites for hydroxylation is 2. The van der Waals surface area contributed by atoms with E-state index in [0.717, 1.165) is 30.8 Å². The van der Waals surface area contributed by atoms with Crippen LogP contribution in [0.2, 0.25) is 0 Å². The highest BCUT2D eigenvalue weighted by atomic mass is 32.1. The molecule has 26 heavy (non-hydrogen) atoms. The van der Waals surface area contributed by atoms with Crippen molar-refractivity contribution < 1.29 is 0 Å². The molecule has 0 fully saturated rings. The van der Waals surface area contributed by atoms with Gasteiger partial charge >= 0.3 is 0 Å². The second kappa shape index (κ2) is 8.81. The number of rotatable bonds is 5. The summed E-state index contributed by atoms with van der Waals surface area (Å²) >= 11 is 5.28. The lowest BCUT2D eigenvalue weighted by atomic mass is 9.99. The van der Waals surface area contributed by atoms with Crippen LogP contribution in [0.15, 0.2) is 47.6 Å². The number of nitrogens with zero attached hydrogens (tertiary/aromatic N) is 2. The Morgan fingerprint density at radius 2 is 2.04 bits per heavy atom. The average Bonchev–Trinajstić information content (AvgIpc) is 2.64. The summed E-state index contributed by atoms with van der Waals surface area (Å²) in [7, 11) is 0. The normalized spacial score (nSPS) is 13.5. The minimum Gasteiger partial charge on any atom is -0.371 e. The van der Waals surface area contributed by atoms with Gasteiger partial charge in [0.05, 0.1) is 6.21 Å². The standard InChI is InChI=1S/C21H26N4S/c1-3-12-25-13-4-5-18-14-17(8-11-20(18)25)15-22-24-21(26)23-19-9-6-16(2)7-10-19/h6-11,14-15H,3-5,12-13H2,1-2H3,(H2,23,24,26)/b22-15+. The zero-order valence-electron chi connectivity index (χ0n) is 15.5. The first kappa shape index (κ1) is 18.4. The number of hydrogen-bond acceptors (Lipinski definition) is 3. The molecule has 5 heteroatoms. The quantitative estimate of drug-likeness (QED) is 0.465. The molecule has 2 aromatic carbocycles. The smallest absolute Gasteiger partial charge is 0.191 e. The minimum absolute atomic E-state index is 0.484. The van der Waals surface area contributed by atoms with Gasteiger partial charge in [-0.25, -0.2) is 0 Å². The third-order valence-electron chi connectivity index (χ3n) is 4.50. The van der Waals surface area contributed by atoms with E-state index in [1.165, 1.54) is 29.7 Å². The topological polar surface area (TPSA) is 39.7 Å². The molecular weight excluding hydrogens is 340 g/mol. The van der Waals surface area contributed by atoms with Gasteiger partial charge in [-0.1, -0.05) is 30.7 Å². The van der Waals surface area contributed by atoms with Crippen LogP contribution >= 0.6 is 12.2 Å². The van der Waals surface area contributed by atoms with Crippen molar-refractivity contribution >= 4 is 34.9 Å². The van der Waals surface area contributed by atoms with Gasteiger partial charge in [0.25, 0.3) is 0 Å². The van der Waals surface area contributed by atoms with E-state index in [1.807, 2.05) is 30.5 Å². The Morgan fingerprint density at radius 3 is 2.81 bits per heavy atom. The average molecular weight is 367 g/mol. The molecule has 4 nitrogen and oxygen atoms in total. The molecule has 0 spiro atoms. The number of hydrazone groups is 1. The van der Waals surface area contributed by atoms with E-state index in [4.69, 9.17) is 12.2 Å². The molecule has 136 valence electrons. The number of nitrogens with one attached hydrogen (secondary N) is 2. The lowest BCUT2D eigenvalue weighted by Crippen LogP contribution is -2.30. The Labute approximate surface area is 161 Å². The van der Waals surface area contributed by atoms with E-state index >= 15 is 0 Å². The van der Waals surface area contributed by atoms with E-state index in [2.05, 4.69) is 52.8 Å². The van der Waals surface area contributed by atoms with E-state index < -0.39 is 0 Å². The molecule has 3 rings (SSSR count). The zero-order chi connectivity index (χ0) is 18.4. The van der Waals surface area contributed by atoms with Crippen molar-refractivity contribution in [3.8, 4) is 0 Å². The van der Waals surface area contributed by atoms with Crippen LogP contribution in [0, 0.1) is 6.92 Å². The van der Waals surface area contributed by atoms with Crippen molar-refractivity contribution in [1.29, 1.82) is 0 Å². The van der Waals surface area contributed by atoms with Crippen molar-refractivity contribution in [3.05, 3.63) is 59.2 Å². The molecule has 0 bridgehead atoms. The minimum atomic E-state index is 0.484. The molecule has 0 saturated heterocycles. The molecule has 0 radical (unpaired) electrons. The van der Waals surface area contributed by atoms with E-state index in [-0.39, 0.29) is 0 Å². The van der Waals surface area contributed by atoms with Crippen LogP contribution in [0.3, 0.4) is 0 Å². The Hall–Kier alpha value is -2.40. The molecule has 0 aliphatic carbocycles. The number of anilines is 2. The SMILES string of the molecule is CCCN1CCCc2cc(/C=N/NC(=S)Nc3ccc(C)cc3)ccc21. The fourth-order valence-electron chi connectivity index (χ4n) is 3.24. The van der Waals surface area contributed by atoms with Gasteiger partial charge < -0.3 is 10.2 Å². The van der Waals surface area contributed by atoms with Crippen molar-refractivity contribution in [2.75, 3.05) is 23.3 Å². The second-order valence-electron chi connectivity index (χ2n) is 6.67. The van der Waals surface area contributed by atoms with Gasteiger partial charge in [-0.05, 0) is 73.8 Å². The predicted octanol–water partition coefficient (Wildman–Crippen LogP) is 4.48. The monoisotopic (exact) mass is 366 g/mol. The first-order chi connectivity index (χ1) is 12.7. The maximum Gasteiger partial charge on any atom is 0.191 e. The van der Waals surface area contributed by atoms with Crippen molar-refractivity contribution in [2.45, 2.75) is 33.1 Å². The Bertz CT molecular complexity index is 783. The molecule has 1 heterocycles. The van der Waals surface area contributed by atoms with Gasteiger partial charge in [-0.2, -0.15) is 5.10 Å². The van der Waals surface area contributed by atoms with Crippen LogP contribution in [0.4, 0.5) is 11.4 Å². The Kier molecular flexibility index (Phi) is 6.23. The van der Waals surface area contributed by atoms with Gasteiger partial charge in [0.1, 0.15) is 0 Å². The lowest BCUT2D eigenvalue weighted by Gasteiger charge is -2.31. The van der Waals surface area contributed by atoms with E-state index in [9.17, 15) is 0 Å². The highest BCUT2D eigenvalue weighted by Gasteiger charge is 2.15. The first-order valence-electron chi connectivity index (χ1n) is 9.20. The van der Waals surface area contributed by atoms with E-state index in [1.54, 1.807) is 0 Å². The summed E-state index contributed by atoms with van der Waals surface area (Å²) in [5, 5.41) is 7.88. The summed E-state index contributed by atoms with van der Waals surface area (Å²) < 4.78 is 0. The van der Waals surface area contributed by atoms with Crippen LogP contribution < -0.4 is 15.6 Å². The summed E-state index contributed by atoms with van der Waals surface area (Å²) in [4.78, 5) is 2.48. The third kappa shape index (κ3) is 4.82. The van der Waals surface area contributed by atoms with Gasteiger partial charge in [-0.3, -0.25) is 5.43 Å². The summed E-state index contributed by atoms with van der Waals surface area (Å²) in [6.45, 7) is 6.58. The first-order valence-corrected chi connectivity index (χ1v) is 9.61. The molecule has 0 aromatic heterocycles. The number of fused-ring (bicyclic) bond motifs is 1. The third-order valence-corrected chi connectivity index (χ3v) is 4.69. The zero-order valence-corrected chi connectivity index (χ0v) is 16.3. The largest absolute Gasteiger partial charge is 0.371 e. The number of benzene rings is 2. The molecule has 2 N–H and O–H groups in total. The van der Waals surface area contributed by atoms with Gasteiger partial charge in [0.2, 0.25) is 0 Å². The molecule has 0 amide bonds. The fraction of sp³-hybridized carbons (Fsp3) is 0.333. The predicted molar refractivity (Wildman–Crippen MR) is 115 cm³/mol. The van der Waals surface area contributed by atoms with Crippen LogP contribution in [0.5, 0.6) is 0 Å². The molecule has 0 atom stereocenters. The van der Waals surface area contributed by atoms with Gasteiger partial charge in [-0.15, -0.1) is 0 Å². The summed E-state index contributed by atoms with van der Waals surface area (Å²) in [6.07, 6.45) is 5.36. The van der Waals surface area contributed by atoms with Crippen LogP contribution in [0.1, 0.15) is 36.5 Å². The maximum atomic E-state index is 5.28. The van der Waals surface area contributed by atoms with Crippen molar-refractivity contribution in [1.82, 2.24) is 5.43 Å². The molecule has 1 aliphatic rings. The highest BCUT2D eigenvalue weighted by Crippen LogP contribution is 2.27. The molecule has 0 saturated carbocycles. The van der Waals surface area contributed by atoms with Gasteiger partial charge in [0.15, 0.2) is 5.11 Å². The summed E-state index contributed by atoms with van der Waals surface area (Å²) in [5.41, 5.74) is 8.93. The maximum absolute atomic E-state index is 5.28. The van der Waals surface area contributed by atoms with Crippen molar-refractivity contribution in [3.63, 3.8) is 0 Å². The number of hydrogen-bond donors (Lipinski definition) is 2. The lowest BCUT2D eigenvalue weighted by molar-refractivity contribution is 0.681. The molecule has 2 aromatic rings.